The number of carbonyl (C=O) groups excluding carboxylic acids is 3. The first-order chi connectivity index (χ1) is 15.6. The smallest absolute Gasteiger partial charge is 0.234 e. The van der Waals surface area contributed by atoms with Crippen molar-refractivity contribution in [3.05, 3.63) is 0 Å². The second-order valence-corrected chi connectivity index (χ2v) is 8.83. The van der Waals surface area contributed by atoms with E-state index in [1.165, 1.54) is 0 Å². The van der Waals surface area contributed by atoms with E-state index < -0.39 is 11.1 Å². The predicted octanol–water partition coefficient (Wildman–Crippen LogP) is 1.33. The van der Waals surface area contributed by atoms with Gasteiger partial charge in [-0.3, -0.25) is 14.4 Å². The van der Waals surface area contributed by atoms with Crippen LogP contribution < -0.4 is 21.7 Å². The van der Waals surface area contributed by atoms with Crippen LogP contribution >= 0.6 is 0 Å². The average Bonchev–Trinajstić information content (AvgIpc) is 2.81. The molecule has 0 aromatic rings. The number of ether oxygens (including phenoxy) is 2. The van der Waals surface area contributed by atoms with E-state index in [0.717, 1.165) is 19.3 Å². The SMILES string of the molecule is CCC(=O)C(C)(CC)NCCOCCOCC(=O)C(C)(CC)NCCCCC(NC)C(N)=O. The number of nitrogens with one attached hydrogen (secondary N) is 3. The summed E-state index contributed by atoms with van der Waals surface area (Å²) in [7, 11) is 1.72. The van der Waals surface area contributed by atoms with E-state index in [2.05, 4.69) is 16.0 Å². The molecule has 9 nitrogen and oxygen atoms in total. The summed E-state index contributed by atoms with van der Waals surface area (Å²) in [6.45, 7) is 12.1. The molecule has 194 valence electrons. The molecule has 1 amide bonds. The minimum Gasteiger partial charge on any atom is -0.378 e. The lowest BCUT2D eigenvalue weighted by Gasteiger charge is -2.28. The fraction of sp³-hybridized carbons (Fsp3) is 0.875. The highest BCUT2D eigenvalue weighted by atomic mass is 16.5. The molecule has 3 atom stereocenters. The average molecular weight is 473 g/mol. The van der Waals surface area contributed by atoms with Gasteiger partial charge in [-0.2, -0.15) is 0 Å². The number of primary amides is 1. The second kappa shape index (κ2) is 17.1. The van der Waals surface area contributed by atoms with Crippen LogP contribution in [0.25, 0.3) is 0 Å². The Labute approximate surface area is 200 Å². The van der Waals surface area contributed by atoms with Gasteiger partial charge in [-0.25, -0.2) is 0 Å². The van der Waals surface area contributed by atoms with Crippen molar-refractivity contribution < 1.29 is 23.9 Å². The lowest BCUT2D eigenvalue weighted by molar-refractivity contribution is -0.130. The Hall–Kier alpha value is -1.39. The van der Waals surface area contributed by atoms with Crippen molar-refractivity contribution in [1.29, 1.82) is 0 Å². The predicted molar refractivity (Wildman–Crippen MR) is 131 cm³/mol. The maximum absolute atomic E-state index is 12.6. The molecule has 33 heavy (non-hydrogen) atoms. The molecule has 0 spiro atoms. The fourth-order valence-corrected chi connectivity index (χ4v) is 3.44. The molecule has 0 aromatic carbocycles. The minimum atomic E-state index is -0.646. The number of hydrogen-bond acceptors (Lipinski definition) is 8. The molecule has 0 aromatic heterocycles. The van der Waals surface area contributed by atoms with Crippen LogP contribution in [0.2, 0.25) is 0 Å². The molecule has 0 radical (unpaired) electrons. The van der Waals surface area contributed by atoms with Crippen LogP contribution in [0, 0.1) is 0 Å². The molecule has 0 fully saturated rings. The molecule has 3 unspecified atom stereocenters. The molecule has 9 heteroatoms. The first kappa shape index (κ1) is 31.6. The number of unbranched alkanes of at least 4 members (excludes halogenated alkanes) is 1. The summed E-state index contributed by atoms with van der Waals surface area (Å²) in [4.78, 5) is 35.9. The van der Waals surface area contributed by atoms with E-state index in [4.69, 9.17) is 15.2 Å². The number of ketones is 2. The van der Waals surface area contributed by atoms with Gasteiger partial charge >= 0.3 is 0 Å². The number of nitrogens with two attached hydrogens (primary N) is 1. The lowest BCUT2D eigenvalue weighted by Crippen LogP contribution is -2.51. The molecule has 0 aliphatic heterocycles. The monoisotopic (exact) mass is 472 g/mol. The van der Waals surface area contributed by atoms with Gasteiger partial charge in [0.05, 0.1) is 36.9 Å². The first-order valence-corrected chi connectivity index (χ1v) is 12.3. The molecular formula is C24H48N4O5. The minimum absolute atomic E-state index is 0.00805. The molecular weight excluding hydrogens is 424 g/mol. The Bertz CT molecular complexity index is 589. The van der Waals surface area contributed by atoms with Crippen molar-refractivity contribution in [2.75, 3.05) is 46.6 Å². The molecule has 0 rings (SSSR count). The highest BCUT2D eigenvalue weighted by molar-refractivity contribution is 5.89. The summed E-state index contributed by atoms with van der Waals surface area (Å²) in [6, 6.07) is -0.314. The highest BCUT2D eigenvalue weighted by Gasteiger charge is 2.30. The maximum atomic E-state index is 12.6. The van der Waals surface area contributed by atoms with Gasteiger partial charge in [0.25, 0.3) is 0 Å². The van der Waals surface area contributed by atoms with Gasteiger partial charge < -0.3 is 31.2 Å². The van der Waals surface area contributed by atoms with Gasteiger partial charge in [-0.1, -0.05) is 27.2 Å². The van der Waals surface area contributed by atoms with Crippen molar-refractivity contribution >= 4 is 17.5 Å². The van der Waals surface area contributed by atoms with E-state index in [9.17, 15) is 14.4 Å². The Balaban J connectivity index is 4.06. The number of Topliss-reactive ketones (excluding diaryl/α,β-unsaturated/α-hetero) is 2. The summed E-state index contributed by atoms with van der Waals surface area (Å²) < 4.78 is 11.1. The van der Waals surface area contributed by atoms with E-state index >= 15 is 0 Å². The zero-order valence-electron chi connectivity index (χ0n) is 21.7. The largest absolute Gasteiger partial charge is 0.378 e. The molecule has 0 aliphatic carbocycles. The van der Waals surface area contributed by atoms with Crippen LogP contribution in [0.4, 0.5) is 0 Å². The number of rotatable bonds is 22. The van der Waals surface area contributed by atoms with E-state index in [0.29, 0.717) is 52.2 Å². The molecule has 0 saturated heterocycles. The molecule has 0 saturated carbocycles. The highest BCUT2D eigenvalue weighted by Crippen LogP contribution is 2.13. The third-order valence-electron chi connectivity index (χ3n) is 6.46. The fourth-order valence-electron chi connectivity index (χ4n) is 3.44. The van der Waals surface area contributed by atoms with Crippen molar-refractivity contribution in [3.63, 3.8) is 0 Å². The van der Waals surface area contributed by atoms with E-state index in [1.807, 2.05) is 34.6 Å². The quantitative estimate of drug-likeness (QED) is 0.174. The van der Waals surface area contributed by atoms with Crippen molar-refractivity contribution in [3.8, 4) is 0 Å². The molecule has 0 bridgehead atoms. The van der Waals surface area contributed by atoms with Gasteiger partial charge in [0.1, 0.15) is 6.61 Å². The van der Waals surface area contributed by atoms with Crippen molar-refractivity contribution in [1.82, 2.24) is 16.0 Å². The topological polar surface area (TPSA) is 132 Å². The van der Waals surface area contributed by atoms with E-state index in [1.54, 1.807) is 7.05 Å². The van der Waals surface area contributed by atoms with Crippen LogP contribution in [0.1, 0.15) is 73.1 Å². The van der Waals surface area contributed by atoms with Gasteiger partial charge in [0, 0.05) is 13.0 Å². The first-order valence-electron chi connectivity index (χ1n) is 12.3. The van der Waals surface area contributed by atoms with Gasteiger partial charge in [-0.05, 0) is 53.1 Å². The number of amides is 1. The normalized spacial score (nSPS) is 16.1. The summed E-state index contributed by atoms with van der Waals surface area (Å²) >= 11 is 0. The summed E-state index contributed by atoms with van der Waals surface area (Å²) in [5.74, 6) is -0.136. The number of hydrogen-bond donors (Lipinski definition) is 4. The van der Waals surface area contributed by atoms with Gasteiger partial charge in [0.15, 0.2) is 11.6 Å². The van der Waals surface area contributed by atoms with Gasteiger partial charge in [0.2, 0.25) is 5.91 Å². The second-order valence-electron chi connectivity index (χ2n) is 8.83. The zero-order valence-corrected chi connectivity index (χ0v) is 21.7. The van der Waals surface area contributed by atoms with Crippen molar-refractivity contribution in [2.45, 2.75) is 90.3 Å². The number of carbonyl (C=O) groups is 3. The number of likely N-dealkylation sites (N-methyl/N-ethyl adjacent to an activating group) is 1. The Kier molecular flexibility index (Phi) is 16.4. The lowest BCUT2D eigenvalue weighted by atomic mass is 9.91. The van der Waals surface area contributed by atoms with Crippen LogP contribution in [-0.2, 0) is 23.9 Å². The van der Waals surface area contributed by atoms with Gasteiger partial charge in [-0.15, -0.1) is 0 Å². The van der Waals surface area contributed by atoms with Crippen LogP contribution in [-0.4, -0.2) is 81.2 Å². The third-order valence-corrected chi connectivity index (χ3v) is 6.46. The molecule has 5 N–H and O–H groups in total. The summed E-state index contributed by atoms with van der Waals surface area (Å²) in [5, 5.41) is 9.51. The van der Waals surface area contributed by atoms with Crippen molar-refractivity contribution in [2.24, 2.45) is 5.73 Å². The summed E-state index contributed by atoms with van der Waals surface area (Å²) in [5.41, 5.74) is 4.17. The third kappa shape index (κ3) is 12.0. The Morgan fingerprint density at radius 2 is 1.42 bits per heavy atom. The Morgan fingerprint density at radius 1 is 0.848 bits per heavy atom. The maximum Gasteiger partial charge on any atom is 0.234 e. The van der Waals surface area contributed by atoms with Crippen LogP contribution in [0.15, 0.2) is 0 Å². The van der Waals surface area contributed by atoms with Crippen LogP contribution in [0.5, 0.6) is 0 Å². The standard InChI is InChI=1S/C24H48N4O5/c1-7-20(29)23(4,8-2)28-14-15-32-16-17-33-18-21(30)24(5,9-3)27-13-11-10-12-19(26-6)22(25)31/h19,26-28H,7-18H2,1-6H3,(H2,25,31). The molecule has 0 heterocycles. The zero-order chi connectivity index (χ0) is 25.3. The molecule has 0 aliphatic rings. The van der Waals surface area contributed by atoms with E-state index in [-0.39, 0.29) is 30.1 Å². The summed E-state index contributed by atoms with van der Waals surface area (Å²) in [6.07, 6.45) is 4.26. The Morgan fingerprint density at radius 3 is 1.97 bits per heavy atom. The van der Waals surface area contributed by atoms with Crippen LogP contribution in [0.3, 0.4) is 0 Å².